The minimum Gasteiger partial charge on any atom is -0.464 e. The molecule has 1 aromatic rings. The van der Waals surface area contributed by atoms with Gasteiger partial charge >= 0.3 is 0 Å². The molecule has 0 aliphatic heterocycles. The molecule has 3 heteroatoms. The Kier molecular flexibility index (Phi) is 3.87. The Bertz CT molecular complexity index is 381. The van der Waals surface area contributed by atoms with Crippen LogP contribution in [0.15, 0.2) is 27.1 Å². The normalized spacial score (nSPS) is 22.9. The van der Waals surface area contributed by atoms with Crippen molar-refractivity contribution in [2.24, 2.45) is 5.92 Å². The van der Waals surface area contributed by atoms with Gasteiger partial charge in [-0.2, -0.15) is 0 Å². The summed E-state index contributed by atoms with van der Waals surface area (Å²) in [6.07, 6.45) is 5.97. The molecule has 0 saturated heterocycles. The molecule has 0 bridgehead atoms. The van der Waals surface area contributed by atoms with Gasteiger partial charge in [0.25, 0.3) is 0 Å². The first-order chi connectivity index (χ1) is 7.66. The van der Waals surface area contributed by atoms with Crippen molar-refractivity contribution < 1.29 is 9.52 Å². The number of hydrogen-bond acceptors (Lipinski definition) is 2. The summed E-state index contributed by atoms with van der Waals surface area (Å²) in [5.74, 6) is 1.98. The van der Waals surface area contributed by atoms with Crippen LogP contribution in [0.5, 0.6) is 0 Å². The first-order valence-electron chi connectivity index (χ1n) is 5.77. The molecule has 2 nitrogen and oxygen atoms in total. The van der Waals surface area contributed by atoms with E-state index in [0.717, 1.165) is 25.0 Å². The number of rotatable bonds is 3. The summed E-state index contributed by atoms with van der Waals surface area (Å²) in [6.45, 7) is 1.90. The molecule has 1 aliphatic carbocycles. The Balaban J connectivity index is 1.99. The van der Waals surface area contributed by atoms with Gasteiger partial charge in [0.2, 0.25) is 0 Å². The lowest BCUT2D eigenvalue weighted by atomic mass is 9.90. The maximum absolute atomic E-state index is 10.1. The molecular formula is C13H17BrO2. The van der Waals surface area contributed by atoms with E-state index < -0.39 is 6.10 Å². The number of aliphatic hydroxyl groups excluding tert-OH is 1. The van der Waals surface area contributed by atoms with E-state index >= 15 is 0 Å². The first-order valence-corrected chi connectivity index (χ1v) is 6.56. The number of furan rings is 1. The molecule has 88 valence electrons. The molecule has 1 aromatic heterocycles. The van der Waals surface area contributed by atoms with Crippen molar-refractivity contribution in [2.45, 2.75) is 38.7 Å². The van der Waals surface area contributed by atoms with Crippen molar-refractivity contribution in [1.82, 2.24) is 0 Å². The largest absolute Gasteiger partial charge is 0.464 e. The van der Waals surface area contributed by atoms with E-state index in [4.69, 9.17) is 4.42 Å². The van der Waals surface area contributed by atoms with Gasteiger partial charge in [-0.1, -0.05) is 22.0 Å². The Morgan fingerprint density at radius 3 is 3.00 bits per heavy atom. The summed E-state index contributed by atoms with van der Waals surface area (Å²) in [7, 11) is 0. The van der Waals surface area contributed by atoms with Gasteiger partial charge in [-0.25, -0.2) is 0 Å². The molecule has 1 aliphatic rings. The first kappa shape index (κ1) is 11.9. The van der Waals surface area contributed by atoms with Crippen LogP contribution in [0.25, 0.3) is 0 Å². The van der Waals surface area contributed by atoms with Crippen molar-refractivity contribution in [3.8, 4) is 0 Å². The second kappa shape index (κ2) is 5.19. The highest BCUT2D eigenvalue weighted by Gasteiger charge is 2.22. The number of halogens is 1. The van der Waals surface area contributed by atoms with Crippen LogP contribution >= 0.6 is 15.9 Å². The van der Waals surface area contributed by atoms with Crippen LogP contribution in [0.2, 0.25) is 0 Å². The quantitative estimate of drug-likeness (QED) is 0.907. The summed E-state index contributed by atoms with van der Waals surface area (Å²) in [4.78, 5) is 0. The summed E-state index contributed by atoms with van der Waals surface area (Å²) in [5, 5.41) is 10.1. The van der Waals surface area contributed by atoms with E-state index in [9.17, 15) is 5.11 Å². The van der Waals surface area contributed by atoms with Gasteiger partial charge in [0.1, 0.15) is 17.6 Å². The summed E-state index contributed by atoms with van der Waals surface area (Å²) < 4.78 is 6.67. The van der Waals surface area contributed by atoms with Crippen LogP contribution in [-0.4, -0.2) is 5.11 Å². The fourth-order valence-corrected chi connectivity index (χ4v) is 2.80. The van der Waals surface area contributed by atoms with E-state index in [1.807, 2.05) is 19.1 Å². The predicted molar refractivity (Wildman–Crippen MR) is 67.4 cm³/mol. The van der Waals surface area contributed by atoms with Crippen LogP contribution < -0.4 is 0 Å². The van der Waals surface area contributed by atoms with E-state index in [0.29, 0.717) is 11.7 Å². The highest BCUT2D eigenvalue weighted by atomic mass is 79.9. The van der Waals surface area contributed by atoms with Gasteiger partial charge in [0, 0.05) is 0 Å². The zero-order chi connectivity index (χ0) is 11.5. The van der Waals surface area contributed by atoms with E-state index in [1.54, 1.807) is 0 Å². The third kappa shape index (κ3) is 2.77. The van der Waals surface area contributed by atoms with Crippen molar-refractivity contribution in [2.75, 3.05) is 0 Å². The number of aliphatic hydroxyl groups is 1. The molecular weight excluding hydrogens is 268 g/mol. The van der Waals surface area contributed by atoms with Gasteiger partial charge in [0.05, 0.1) is 0 Å². The van der Waals surface area contributed by atoms with Gasteiger partial charge in [-0.15, -0.1) is 0 Å². The number of hydrogen-bond donors (Lipinski definition) is 1. The molecule has 0 spiro atoms. The predicted octanol–water partition coefficient (Wildman–Crippen LogP) is 4.09. The third-order valence-electron chi connectivity index (χ3n) is 3.08. The second-order valence-corrected chi connectivity index (χ2v) is 5.33. The molecule has 2 unspecified atom stereocenters. The average Bonchev–Trinajstić information content (AvgIpc) is 2.68. The van der Waals surface area contributed by atoms with Gasteiger partial charge in [0.15, 0.2) is 0 Å². The number of allylic oxidation sites excluding steroid dienone is 2. The smallest absolute Gasteiger partial charge is 0.132 e. The van der Waals surface area contributed by atoms with E-state index in [2.05, 4.69) is 22.0 Å². The highest BCUT2D eigenvalue weighted by molar-refractivity contribution is 9.11. The van der Waals surface area contributed by atoms with Crippen molar-refractivity contribution in [1.29, 1.82) is 0 Å². The number of aryl methyl sites for hydroxylation is 1. The minimum atomic E-state index is -0.488. The lowest BCUT2D eigenvalue weighted by molar-refractivity contribution is 0.123. The Labute approximate surface area is 104 Å². The van der Waals surface area contributed by atoms with Crippen LogP contribution in [0.4, 0.5) is 0 Å². The van der Waals surface area contributed by atoms with Crippen molar-refractivity contribution in [3.05, 3.63) is 34.2 Å². The fourth-order valence-electron chi connectivity index (χ4n) is 2.16. The summed E-state index contributed by atoms with van der Waals surface area (Å²) in [6, 6.07) is 3.75. The van der Waals surface area contributed by atoms with Crippen molar-refractivity contribution in [3.63, 3.8) is 0 Å². The van der Waals surface area contributed by atoms with Crippen LogP contribution in [0.1, 0.15) is 43.3 Å². The zero-order valence-electron chi connectivity index (χ0n) is 9.45. The van der Waals surface area contributed by atoms with Crippen molar-refractivity contribution >= 4 is 15.9 Å². The summed E-state index contributed by atoms with van der Waals surface area (Å²) >= 11 is 3.58. The van der Waals surface area contributed by atoms with Crippen LogP contribution in [-0.2, 0) is 0 Å². The molecule has 2 rings (SSSR count). The molecule has 1 N–H and O–H groups in total. The Morgan fingerprint density at radius 1 is 1.56 bits per heavy atom. The molecule has 0 amide bonds. The zero-order valence-corrected chi connectivity index (χ0v) is 11.0. The molecule has 0 fully saturated rings. The molecule has 0 saturated carbocycles. The van der Waals surface area contributed by atoms with Gasteiger partial charge in [-0.3, -0.25) is 0 Å². The topological polar surface area (TPSA) is 33.4 Å². The Hall–Kier alpha value is -0.540. The fraction of sp³-hybridized carbons (Fsp3) is 0.538. The Morgan fingerprint density at radius 2 is 2.38 bits per heavy atom. The summed E-state index contributed by atoms with van der Waals surface area (Å²) in [5.41, 5.74) is 0. The van der Waals surface area contributed by atoms with Crippen LogP contribution in [0, 0.1) is 12.8 Å². The maximum Gasteiger partial charge on any atom is 0.132 e. The van der Waals surface area contributed by atoms with Gasteiger partial charge < -0.3 is 9.52 Å². The second-order valence-electron chi connectivity index (χ2n) is 4.42. The molecule has 16 heavy (non-hydrogen) atoms. The monoisotopic (exact) mass is 284 g/mol. The standard InChI is InChI=1S/C13H17BrO2/c1-9-6-7-13(16-9)12(15)8-10-4-2-3-5-11(10)14/h5-7,10,12,15H,2-4,8H2,1H3. The maximum atomic E-state index is 10.1. The molecule has 0 aromatic carbocycles. The van der Waals surface area contributed by atoms with Crippen LogP contribution in [0.3, 0.4) is 0 Å². The molecule has 0 radical (unpaired) electrons. The SMILES string of the molecule is Cc1ccc(C(O)CC2CCCC=C2Br)o1. The third-order valence-corrected chi connectivity index (χ3v) is 4.05. The van der Waals surface area contributed by atoms with Gasteiger partial charge in [-0.05, 0) is 55.1 Å². The lowest BCUT2D eigenvalue weighted by Crippen LogP contribution is -2.10. The lowest BCUT2D eigenvalue weighted by Gasteiger charge is -2.22. The highest BCUT2D eigenvalue weighted by Crippen LogP contribution is 2.35. The minimum absolute atomic E-state index is 0.439. The average molecular weight is 285 g/mol. The molecule has 1 heterocycles. The van der Waals surface area contributed by atoms with E-state index in [-0.39, 0.29) is 0 Å². The molecule has 2 atom stereocenters. The van der Waals surface area contributed by atoms with E-state index in [1.165, 1.54) is 10.9 Å².